The number of nitrogens with one attached hydrogen (secondary N) is 1. The smallest absolute Gasteiger partial charge is 0.240 e. The highest BCUT2D eigenvalue weighted by Gasteiger charge is 2.29. The molecule has 0 bridgehead atoms. The van der Waals surface area contributed by atoms with Gasteiger partial charge in [-0.15, -0.1) is 0 Å². The summed E-state index contributed by atoms with van der Waals surface area (Å²) in [5.41, 5.74) is 2.96. The maximum absolute atomic E-state index is 11.7. The van der Waals surface area contributed by atoms with Crippen molar-refractivity contribution in [3.8, 4) is 0 Å². The van der Waals surface area contributed by atoms with E-state index >= 15 is 0 Å². The SMILES string of the molecule is O=C(C[C@@H]1CCS(=O)(=O)C1)N/N=C\c1cccc(Cl)c1Cl. The number of benzene rings is 1. The standard InChI is InChI=1S/C13H14Cl2N2O3S/c14-11-3-1-2-10(13(11)15)7-16-17-12(18)6-9-4-5-21(19,20)8-9/h1-3,7,9H,4-6,8H2,(H,17,18)/b16-7-/t9-/m0/s1. The van der Waals surface area contributed by atoms with Gasteiger partial charge in [0, 0.05) is 12.0 Å². The van der Waals surface area contributed by atoms with E-state index in [2.05, 4.69) is 10.5 Å². The van der Waals surface area contributed by atoms with E-state index in [9.17, 15) is 13.2 Å². The molecule has 1 fully saturated rings. The van der Waals surface area contributed by atoms with Crippen molar-refractivity contribution in [1.29, 1.82) is 0 Å². The van der Waals surface area contributed by atoms with E-state index in [0.717, 1.165) is 0 Å². The van der Waals surface area contributed by atoms with Crippen LogP contribution >= 0.6 is 23.2 Å². The van der Waals surface area contributed by atoms with Crippen LogP contribution in [-0.2, 0) is 14.6 Å². The molecule has 1 saturated heterocycles. The highest BCUT2D eigenvalue weighted by Crippen LogP contribution is 2.24. The number of rotatable bonds is 4. The first-order valence-electron chi connectivity index (χ1n) is 6.34. The second-order valence-corrected chi connectivity index (χ2v) is 7.92. The number of hydrogen-bond donors (Lipinski definition) is 1. The fraction of sp³-hybridized carbons (Fsp3) is 0.385. The zero-order valence-electron chi connectivity index (χ0n) is 11.1. The van der Waals surface area contributed by atoms with E-state index in [1.807, 2.05) is 0 Å². The molecular weight excluding hydrogens is 335 g/mol. The van der Waals surface area contributed by atoms with Gasteiger partial charge >= 0.3 is 0 Å². The quantitative estimate of drug-likeness (QED) is 0.669. The largest absolute Gasteiger partial charge is 0.273 e. The fourth-order valence-electron chi connectivity index (χ4n) is 2.13. The predicted octanol–water partition coefficient (Wildman–Crippen LogP) is 2.27. The summed E-state index contributed by atoms with van der Waals surface area (Å²) in [6.07, 6.45) is 2.08. The monoisotopic (exact) mass is 348 g/mol. The molecule has 1 aliphatic heterocycles. The molecule has 2 rings (SSSR count). The molecule has 114 valence electrons. The van der Waals surface area contributed by atoms with Crippen molar-refractivity contribution in [2.24, 2.45) is 11.0 Å². The van der Waals surface area contributed by atoms with Crippen molar-refractivity contribution < 1.29 is 13.2 Å². The first-order valence-corrected chi connectivity index (χ1v) is 8.91. The molecule has 21 heavy (non-hydrogen) atoms. The molecule has 0 spiro atoms. The highest BCUT2D eigenvalue weighted by molar-refractivity contribution is 7.91. The second-order valence-electron chi connectivity index (χ2n) is 4.91. The Labute approximate surface area is 133 Å². The predicted molar refractivity (Wildman–Crippen MR) is 83.6 cm³/mol. The molecule has 1 heterocycles. The number of hydrazone groups is 1. The third kappa shape index (κ3) is 4.69. The Balaban J connectivity index is 1.87. The van der Waals surface area contributed by atoms with E-state index in [4.69, 9.17) is 23.2 Å². The Hall–Kier alpha value is -1.11. The van der Waals surface area contributed by atoms with Crippen LogP contribution in [0.1, 0.15) is 18.4 Å². The van der Waals surface area contributed by atoms with Crippen molar-refractivity contribution in [3.05, 3.63) is 33.8 Å². The minimum Gasteiger partial charge on any atom is -0.273 e. The Morgan fingerprint density at radius 2 is 2.19 bits per heavy atom. The van der Waals surface area contributed by atoms with Gasteiger partial charge in [0.2, 0.25) is 5.91 Å². The zero-order chi connectivity index (χ0) is 15.5. The molecule has 1 aromatic rings. The van der Waals surface area contributed by atoms with Gasteiger partial charge in [0.1, 0.15) is 0 Å². The van der Waals surface area contributed by atoms with Crippen molar-refractivity contribution in [2.75, 3.05) is 11.5 Å². The van der Waals surface area contributed by atoms with E-state index in [1.54, 1.807) is 18.2 Å². The Kier molecular flexibility index (Phi) is 5.24. The number of carbonyl (C=O) groups excluding carboxylic acids is 1. The van der Waals surface area contributed by atoms with Crippen molar-refractivity contribution >= 4 is 45.2 Å². The number of halogens is 2. The summed E-state index contributed by atoms with van der Waals surface area (Å²) in [7, 11) is -2.97. The van der Waals surface area contributed by atoms with E-state index in [-0.39, 0.29) is 29.8 Å². The maximum Gasteiger partial charge on any atom is 0.240 e. The molecule has 1 amide bonds. The molecule has 0 aliphatic carbocycles. The number of hydrogen-bond acceptors (Lipinski definition) is 4. The topological polar surface area (TPSA) is 75.6 Å². The Bertz CT molecular complexity index is 674. The lowest BCUT2D eigenvalue weighted by Gasteiger charge is -2.05. The number of nitrogens with zero attached hydrogens (tertiary/aromatic N) is 1. The Morgan fingerprint density at radius 1 is 1.43 bits per heavy atom. The number of carbonyl (C=O) groups is 1. The minimum atomic E-state index is -2.97. The van der Waals surface area contributed by atoms with Crippen LogP contribution in [0.2, 0.25) is 10.0 Å². The average molecular weight is 349 g/mol. The molecule has 1 atom stereocenters. The molecule has 0 aromatic heterocycles. The van der Waals surface area contributed by atoms with Gasteiger partial charge in [-0.3, -0.25) is 4.79 Å². The van der Waals surface area contributed by atoms with E-state index < -0.39 is 9.84 Å². The highest BCUT2D eigenvalue weighted by atomic mass is 35.5. The summed E-state index contributed by atoms with van der Waals surface area (Å²) in [6.45, 7) is 0. The molecule has 1 aliphatic rings. The number of sulfone groups is 1. The summed E-state index contributed by atoms with van der Waals surface area (Å²) in [4.78, 5) is 11.7. The third-order valence-corrected chi connectivity index (χ3v) is 5.85. The summed E-state index contributed by atoms with van der Waals surface area (Å²) in [6, 6.07) is 5.09. The van der Waals surface area contributed by atoms with Gasteiger partial charge in [-0.05, 0) is 18.4 Å². The van der Waals surface area contributed by atoms with Crippen LogP contribution < -0.4 is 5.43 Å². The molecule has 0 unspecified atom stereocenters. The van der Waals surface area contributed by atoms with Gasteiger partial charge in [-0.25, -0.2) is 13.8 Å². The van der Waals surface area contributed by atoms with Gasteiger partial charge in [-0.1, -0.05) is 35.3 Å². The van der Waals surface area contributed by atoms with Crippen LogP contribution in [0.5, 0.6) is 0 Å². The molecule has 0 saturated carbocycles. The molecular formula is C13H14Cl2N2O3S. The maximum atomic E-state index is 11.7. The van der Waals surface area contributed by atoms with Crippen molar-refractivity contribution in [1.82, 2.24) is 5.43 Å². The molecule has 8 heteroatoms. The van der Waals surface area contributed by atoms with Gasteiger partial charge in [0.25, 0.3) is 0 Å². The second kappa shape index (κ2) is 6.77. The van der Waals surface area contributed by atoms with Crippen LogP contribution in [0.3, 0.4) is 0 Å². The lowest BCUT2D eigenvalue weighted by molar-refractivity contribution is -0.121. The molecule has 1 N–H and O–H groups in total. The Morgan fingerprint density at radius 3 is 2.86 bits per heavy atom. The molecule has 0 radical (unpaired) electrons. The van der Waals surface area contributed by atoms with Crippen LogP contribution in [-0.4, -0.2) is 32.0 Å². The third-order valence-electron chi connectivity index (χ3n) is 3.18. The van der Waals surface area contributed by atoms with Crippen molar-refractivity contribution in [3.63, 3.8) is 0 Å². The molecule has 1 aromatic carbocycles. The van der Waals surface area contributed by atoms with Crippen LogP contribution in [0.15, 0.2) is 23.3 Å². The lowest BCUT2D eigenvalue weighted by Crippen LogP contribution is -2.21. The van der Waals surface area contributed by atoms with Gasteiger partial charge < -0.3 is 0 Å². The van der Waals surface area contributed by atoms with Crippen LogP contribution in [0.25, 0.3) is 0 Å². The first-order chi connectivity index (χ1) is 9.87. The summed E-state index contributed by atoms with van der Waals surface area (Å²) in [5.74, 6) is -0.206. The lowest BCUT2D eigenvalue weighted by atomic mass is 10.1. The summed E-state index contributed by atoms with van der Waals surface area (Å²) < 4.78 is 22.6. The normalized spacial score (nSPS) is 20.8. The number of amides is 1. The van der Waals surface area contributed by atoms with Gasteiger partial charge in [-0.2, -0.15) is 5.10 Å². The van der Waals surface area contributed by atoms with Crippen LogP contribution in [0, 0.1) is 5.92 Å². The molecule has 5 nitrogen and oxygen atoms in total. The first kappa shape index (κ1) is 16.3. The fourth-order valence-corrected chi connectivity index (χ4v) is 4.35. The van der Waals surface area contributed by atoms with Crippen molar-refractivity contribution in [2.45, 2.75) is 12.8 Å². The van der Waals surface area contributed by atoms with Crippen LogP contribution in [0.4, 0.5) is 0 Å². The summed E-state index contributed by atoms with van der Waals surface area (Å²) in [5, 5.41) is 4.57. The average Bonchev–Trinajstić information content (AvgIpc) is 2.74. The summed E-state index contributed by atoms with van der Waals surface area (Å²) >= 11 is 11.8. The van der Waals surface area contributed by atoms with E-state index in [1.165, 1.54) is 6.21 Å². The van der Waals surface area contributed by atoms with Gasteiger partial charge in [0.15, 0.2) is 9.84 Å². The van der Waals surface area contributed by atoms with E-state index in [0.29, 0.717) is 22.0 Å². The zero-order valence-corrected chi connectivity index (χ0v) is 13.4. The minimum absolute atomic E-state index is 0.0737. The van der Waals surface area contributed by atoms with Gasteiger partial charge in [0.05, 0.1) is 27.8 Å².